The zero-order valence-corrected chi connectivity index (χ0v) is 17.9. The maximum Gasteiger partial charge on any atom is 0.225 e. The maximum absolute atomic E-state index is 12.3. The number of nitrogens with zero attached hydrogens (tertiary/aromatic N) is 3. The molecule has 3 rings (SSSR count). The van der Waals surface area contributed by atoms with Crippen molar-refractivity contribution in [2.75, 3.05) is 52.6 Å². The summed E-state index contributed by atoms with van der Waals surface area (Å²) in [7, 11) is 1.86. The van der Waals surface area contributed by atoms with Crippen LogP contribution < -0.4 is 10.6 Å². The first-order valence-corrected chi connectivity index (χ1v) is 12.0. The molecule has 1 saturated heterocycles. The topological polar surface area (TPSA) is 60.0 Å². The molecular formula is C20H37N5OS. The largest absolute Gasteiger partial charge is 0.355 e. The van der Waals surface area contributed by atoms with Gasteiger partial charge in [0.05, 0.1) is 0 Å². The average molecular weight is 396 g/mol. The summed E-state index contributed by atoms with van der Waals surface area (Å²) in [6, 6.07) is 0.545. The third-order valence-electron chi connectivity index (χ3n) is 6.38. The number of amides is 1. The number of aliphatic imine (C=N–C) groups is 1. The van der Waals surface area contributed by atoms with Gasteiger partial charge in [-0.2, -0.15) is 11.8 Å². The van der Waals surface area contributed by atoms with Crippen LogP contribution >= 0.6 is 11.8 Å². The predicted octanol–water partition coefficient (Wildman–Crippen LogP) is 1.77. The molecule has 27 heavy (non-hydrogen) atoms. The molecule has 7 heteroatoms. The Bertz CT molecular complexity index is 503. The molecular weight excluding hydrogens is 358 g/mol. The number of piperazine rings is 1. The van der Waals surface area contributed by atoms with E-state index in [0.717, 1.165) is 63.3 Å². The van der Waals surface area contributed by atoms with Gasteiger partial charge in [0.25, 0.3) is 0 Å². The van der Waals surface area contributed by atoms with Crippen LogP contribution in [0.3, 0.4) is 0 Å². The van der Waals surface area contributed by atoms with Crippen LogP contribution in [-0.2, 0) is 4.79 Å². The summed E-state index contributed by atoms with van der Waals surface area (Å²) < 4.78 is 0. The zero-order chi connectivity index (χ0) is 19.1. The Hall–Kier alpha value is -0.950. The Morgan fingerprint density at radius 2 is 1.85 bits per heavy atom. The van der Waals surface area contributed by atoms with Crippen molar-refractivity contribution in [1.82, 2.24) is 20.4 Å². The Kier molecular flexibility index (Phi) is 8.12. The van der Waals surface area contributed by atoms with Crippen molar-refractivity contribution in [2.45, 2.75) is 56.2 Å². The molecule has 154 valence electrons. The van der Waals surface area contributed by atoms with E-state index in [1.165, 1.54) is 32.1 Å². The quantitative estimate of drug-likeness (QED) is 0.530. The normalized spacial score (nSPS) is 27.9. The lowest BCUT2D eigenvalue weighted by Crippen LogP contribution is -2.53. The maximum atomic E-state index is 12.3. The number of carbonyl (C=O) groups excluding carboxylic acids is 1. The molecule has 1 amide bonds. The van der Waals surface area contributed by atoms with Gasteiger partial charge in [-0.15, -0.1) is 0 Å². The second kappa shape index (κ2) is 10.6. The van der Waals surface area contributed by atoms with Crippen molar-refractivity contribution in [3.8, 4) is 0 Å². The van der Waals surface area contributed by atoms with Gasteiger partial charge < -0.3 is 15.5 Å². The van der Waals surface area contributed by atoms with Crippen molar-refractivity contribution >= 4 is 23.6 Å². The minimum atomic E-state index is 0.332. The van der Waals surface area contributed by atoms with E-state index in [-0.39, 0.29) is 0 Å². The van der Waals surface area contributed by atoms with Crippen LogP contribution in [0, 0.1) is 5.92 Å². The Labute approximate surface area is 168 Å². The number of guanidine groups is 1. The molecule has 0 spiro atoms. The van der Waals surface area contributed by atoms with E-state index in [1.54, 1.807) is 0 Å². The van der Waals surface area contributed by atoms with Crippen molar-refractivity contribution in [3.05, 3.63) is 0 Å². The highest BCUT2D eigenvalue weighted by Crippen LogP contribution is 2.28. The van der Waals surface area contributed by atoms with E-state index >= 15 is 0 Å². The molecule has 1 heterocycles. The molecule has 0 radical (unpaired) electrons. The van der Waals surface area contributed by atoms with Crippen molar-refractivity contribution < 1.29 is 4.79 Å². The molecule has 1 aliphatic heterocycles. The summed E-state index contributed by atoms with van der Waals surface area (Å²) in [6.07, 6.45) is 10.8. The van der Waals surface area contributed by atoms with Crippen LogP contribution in [0.5, 0.6) is 0 Å². The molecule has 2 N–H and O–H groups in total. The van der Waals surface area contributed by atoms with E-state index in [0.29, 0.717) is 17.9 Å². The lowest BCUT2D eigenvalue weighted by atomic mass is 9.84. The first-order valence-electron chi connectivity index (χ1n) is 10.7. The number of rotatable bonds is 6. The van der Waals surface area contributed by atoms with Crippen LogP contribution in [0.2, 0.25) is 0 Å². The molecule has 3 aliphatic rings. The first-order chi connectivity index (χ1) is 13.2. The molecule has 0 bridgehead atoms. The second-order valence-electron chi connectivity index (χ2n) is 8.16. The third kappa shape index (κ3) is 6.01. The number of thioether (sulfide) groups is 1. The SMILES string of the molecule is CN=C(NCCN1CCN(C(=O)C2CCC2)CC1)NC1CCCC(SC)C1. The van der Waals surface area contributed by atoms with Gasteiger partial charge in [0, 0.05) is 63.5 Å². The zero-order valence-electron chi connectivity index (χ0n) is 17.1. The van der Waals surface area contributed by atoms with E-state index in [2.05, 4.69) is 31.7 Å². The Morgan fingerprint density at radius 3 is 2.48 bits per heavy atom. The Morgan fingerprint density at radius 1 is 1.11 bits per heavy atom. The summed E-state index contributed by atoms with van der Waals surface area (Å²) >= 11 is 1.99. The average Bonchev–Trinajstić information content (AvgIpc) is 2.66. The van der Waals surface area contributed by atoms with E-state index in [4.69, 9.17) is 0 Å². The highest BCUT2D eigenvalue weighted by atomic mass is 32.2. The molecule has 2 aliphatic carbocycles. The fraction of sp³-hybridized carbons (Fsp3) is 0.900. The van der Waals surface area contributed by atoms with E-state index < -0.39 is 0 Å². The van der Waals surface area contributed by atoms with Gasteiger partial charge in [0.1, 0.15) is 0 Å². The van der Waals surface area contributed by atoms with Gasteiger partial charge in [-0.05, 0) is 38.4 Å². The number of carbonyl (C=O) groups is 1. The lowest BCUT2D eigenvalue weighted by Gasteiger charge is -2.38. The summed E-state index contributed by atoms with van der Waals surface area (Å²) in [5.74, 6) is 1.67. The molecule has 2 saturated carbocycles. The molecule has 0 aromatic heterocycles. The first kappa shape index (κ1) is 20.8. The van der Waals surface area contributed by atoms with Gasteiger partial charge in [0.15, 0.2) is 5.96 Å². The molecule has 3 fully saturated rings. The molecule has 0 aromatic rings. The molecule has 2 atom stereocenters. The number of nitrogens with one attached hydrogen (secondary N) is 2. The molecule has 0 aromatic carbocycles. The summed E-state index contributed by atoms with van der Waals surface area (Å²) in [4.78, 5) is 21.3. The van der Waals surface area contributed by atoms with Crippen LogP contribution in [0.1, 0.15) is 44.9 Å². The number of hydrogen-bond donors (Lipinski definition) is 2. The molecule has 2 unspecified atom stereocenters. The van der Waals surface area contributed by atoms with Gasteiger partial charge in [-0.25, -0.2) is 0 Å². The van der Waals surface area contributed by atoms with Gasteiger partial charge in [0.2, 0.25) is 5.91 Å². The highest BCUT2D eigenvalue weighted by molar-refractivity contribution is 7.99. The van der Waals surface area contributed by atoms with E-state index in [9.17, 15) is 4.79 Å². The van der Waals surface area contributed by atoms with Gasteiger partial charge in [-0.1, -0.05) is 12.8 Å². The molecule has 6 nitrogen and oxygen atoms in total. The van der Waals surface area contributed by atoms with Crippen LogP contribution in [-0.4, -0.2) is 85.5 Å². The standard InChI is InChI=1S/C20H37N5OS/c1-21-20(23-17-7-4-8-18(15-17)27-2)22-9-10-24-11-13-25(14-12-24)19(26)16-5-3-6-16/h16-18H,3-15H2,1-2H3,(H2,21,22,23). The third-order valence-corrected chi connectivity index (χ3v) is 7.48. The summed E-state index contributed by atoms with van der Waals surface area (Å²) in [5.41, 5.74) is 0. The summed E-state index contributed by atoms with van der Waals surface area (Å²) in [5, 5.41) is 7.87. The second-order valence-corrected chi connectivity index (χ2v) is 9.30. The van der Waals surface area contributed by atoms with E-state index in [1.807, 2.05) is 18.8 Å². The lowest BCUT2D eigenvalue weighted by molar-refractivity contribution is -0.139. The summed E-state index contributed by atoms with van der Waals surface area (Å²) in [6.45, 7) is 5.66. The fourth-order valence-electron chi connectivity index (χ4n) is 4.32. The Balaban J connectivity index is 1.31. The number of hydrogen-bond acceptors (Lipinski definition) is 4. The van der Waals surface area contributed by atoms with Crippen LogP contribution in [0.4, 0.5) is 0 Å². The van der Waals surface area contributed by atoms with Crippen molar-refractivity contribution in [1.29, 1.82) is 0 Å². The monoisotopic (exact) mass is 395 g/mol. The minimum absolute atomic E-state index is 0.332. The minimum Gasteiger partial charge on any atom is -0.355 e. The van der Waals surface area contributed by atoms with Crippen LogP contribution in [0.25, 0.3) is 0 Å². The van der Waals surface area contributed by atoms with Crippen LogP contribution in [0.15, 0.2) is 4.99 Å². The van der Waals surface area contributed by atoms with Crippen molar-refractivity contribution in [2.24, 2.45) is 10.9 Å². The van der Waals surface area contributed by atoms with Gasteiger partial charge >= 0.3 is 0 Å². The fourth-order valence-corrected chi connectivity index (χ4v) is 5.14. The van der Waals surface area contributed by atoms with Crippen molar-refractivity contribution in [3.63, 3.8) is 0 Å². The smallest absolute Gasteiger partial charge is 0.225 e. The van der Waals surface area contributed by atoms with Gasteiger partial charge in [-0.3, -0.25) is 14.7 Å². The predicted molar refractivity (Wildman–Crippen MR) is 114 cm³/mol. The highest BCUT2D eigenvalue weighted by Gasteiger charge is 2.31.